The van der Waals surface area contributed by atoms with Crippen LogP contribution < -0.4 is 11.0 Å². The highest BCUT2D eigenvalue weighted by molar-refractivity contribution is 5.95. The van der Waals surface area contributed by atoms with Gasteiger partial charge in [-0.05, 0) is 44.0 Å². The van der Waals surface area contributed by atoms with Crippen LogP contribution in [0.5, 0.6) is 0 Å². The van der Waals surface area contributed by atoms with Gasteiger partial charge in [0, 0.05) is 19.8 Å². The van der Waals surface area contributed by atoms with Crippen LogP contribution in [0.25, 0.3) is 11.0 Å². The van der Waals surface area contributed by atoms with Gasteiger partial charge in [-0.2, -0.15) is 0 Å². The highest BCUT2D eigenvalue weighted by atomic mass is 16.2. The molecule has 0 radical (unpaired) electrons. The molecule has 2 amide bonds. The number of nitrogens with zero attached hydrogens (tertiary/aromatic N) is 3. The largest absolute Gasteiger partial charge is 0.335 e. The monoisotopic (exact) mass is 394 g/mol. The number of aryl methyl sites for hydroxylation is 4. The third-order valence-electron chi connectivity index (χ3n) is 5.09. The number of carbonyl (C=O) groups is 2. The van der Waals surface area contributed by atoms with Crippen LogP contribution in [0.3, 0.4) is 0 Å². The van der Waals surface area contributed by atoms with E-state index >= 15 is 0 Å². The van der Waals surface area contributed by atoms with Gasteiger partial charge in [0.2, 0.25) is 11.8 Å². The summed E-state index contributed by atoms with van der Waals surface area (Å²) in [7, 11) is 3.24. The molecule has 152 valence electrons. The molecular formula is C22H26N4O3. The molecule has 0 aliphatic carbocycles. The van der Waals surface area contributed by atoms with Gasteiger partial charge in [0.15, 0.2) is 0 Å². The first kappa shape index (κ1) is 20.4. The van der Waals surface area contributed by atoms with E-state index in [0.717, 1.165) is 27.9 Å². The number of imidazole rings is 1. The molecule has 0 spiro atoms. The number of rotatable bonds is 5. The summed E-state index contributed by atoms with van der Waals surface area (Å²) in [5.74, 6) is -0.586. The minimum absolute atomic E-state index is 0.0922. The van der Waals surface area contributed by atoms with E-state index < -0.39 is 0 Å². The van der Waals surface area contributed by atoms with E-state index in [1.807, 2.05) is 51.1 Å². The molecule has 0 saturated heterocycles. The fraction of sp³-hybridized carbons (Fsp3) is 0.318. The van der Waals surface area contributed by atoms with Crippen LogP contribution in [0.15, 0.2) is 41.2 Å². The normalized spacial score (nSPS) is 10.9. The molecule has 0 saturated carbocycles. The second-order valence-corrected chi connectivity index (χ2v) is 7.49. The average Bonchev–Trinajstić information content (AvgIpc) is 2.90. The number of benzene rings is 2. The molecule has 3 aromatic rings. The van der Waals surface area contributed by atoms with E-state index in [4.69, 9.17) is 0 Å². The summed E-state index contributed by atoms with van der Waals surface area (Å²) in [6, 6.07) is 11.3. The Hall–Kier alpha value is -3.35. The second kappa shape index (κ2) is 7.95. The molecule has 1 N–H and O–H groups in total. The standard InChI is InChI=1S/C22H26N4O3/c1-14-10-15(2)21(16(3)11-14)23-19(27)12-24(4)20(28)13-26-18-9-7-6-8-17(18)25(5)22(26)29/h6-11H,12-13H2,1-5H3,(H,23,27). The minimum atomic E-state index is -0.309. The summed E-state index contributed by atoms with van der Waals surface area (Å²) in [6.07, 6.45) is 0. The lowest BCUT2D eigenvalue weighted by atomic mass is 10.1. The van der Waals surface area contributed by atoms with Gasteiger partial charge in [-0.15, -0.1) is 0 Å². The topological polar surface area (TPSA) is 76.3 Å². The van der Waals surface area contributed by atoms with Crippen LogP contribution in [0.4, 0.5) is 5.69 Å². The van der Waals surface area contributed by atoms with Crippen molar-refractivity contribution < 1.29 is 9.59 Å². The summed E-state index contributed by atoms with van der Waals surface area (Å²) in [5, 5.41) is 2.90. The summed E-state index contributed by atoms with van der Waals surface area (Å²) < 4.78 is 2.94. The molecule has 0 fully saturated rings. The quantitative estimate of drug-likeness (QED) is 0.722. The molecule has 0 aliphatic rings. The molecule has 2 aromatic carbocycles. The summed E-state index contributed by atoms with van der Waals surface area (Å²) in [5.41, 5.74) is 5.05. The van der Waals surface area contributed by atoms with Crippen LogP contribution in [-0.2, 0) is 23.2 Å². The third kappa shape index (κ3) is 4.08. The maximum atomic E-state index is 12.7. The lowest BCUT2D eigenvalue weighted by Gasteiger charge is -2.18. The Morgan fingerprint density at radius 1 is 1.03 bits per heavy atom. The highest BCUT2D eigenvalue weighted by Crippen LogP contribution is 2.21. The van der Waals surface area contributed by atoms with Gasteiger partial charge in [-0.25, -0.2) is 4.79 Å². The number of anilines is 1. The number of fused-ring (bicyclic) bond motifs is 1. The van der Waals surface area contributed by atoms with Gasteiger partial charge in [0.05, 0.1) is 17.6 Å². The van der Waals surface area contributed by atoms with E-state index in [9.17, 15) is 14.4 Å². The maximum absolute atomic E-state index is 12.7. The molecule has 29 heavy (non-hydrogen) atoms. The molecule has 1 heterocycles. The number of nitrogens with one attached hydrogen (secondary N) is 1. The van der Waals surface area contributed by atoms with Gasteiger partial charge in [-0.1, -0.05) is 29.8 Å². The molecule has 1 aromatic heterocycles. The molecule has 0 atom stereocenters. The lowest BCUT2D eigenvalue weighted by Crippen LogP contribution is -2.38. The Kier molecular flexibility index (Phi) is 5.59. The van der Waals surface area contributed by atoms with Crippen molar-refractivity contribution >= 4 is 28.5 Å². The van der Waals surface area contributed by atoms with Crippen molar-refractivity contribution in [1.29, 1.82) is 0 Å². The minimum Gasteiger partial charge on any atom is -0.335 e. The van der Waals surface area contributed by atoms with Crippen molar-refractivity contribution in [3.8, 4) is 0 Å². The number of hydrogen-bond donors (Lipinski definition) is 1. The van der Waals surface area contributed by atoms with Gasteiger partial charge in [-0.3, -0.25) is 18.7 Å². The van der Waals surface area contributed by atoms with E-state index in [1.165, 1.54) is 14.0 Å². The zero-order valence-electron chi connectivity index (χ0n) is 17.4. The number of para-hydroxylation sites is 2. The zero-order valence-corrected chi connectivity index (χ0v) is 17.4. The first-order valence-electron chi connectivity index (χ1n) is 9.45. The van der Waals surface area contributed by atoms with Gasteiger partial charge in [0.1, 0.15) is 6.54 Å². The number of hydrogen-bond acceptors (Lipinski definition) is 3. The molecular weight excluding hydrogens is 368 g/mol. The van der Waals surface area contributed by atoms with Crippen LogP contribution in [0.1, 0.15) is 16.7 Å². The summed E-state index contributed by atoms with van der Waals surface area (Å²) in [4.78, 5) is 39.0. The van der Waals surface area contributed by atoms with Crippen molar-refractivity contribution in [2.24, 2.45) is 7.05 Å². The number of amides is 2. The summed E-state index contributed by atoms with van der Waals surface area (Å²) >= 11 is 0. The molecule has 3 rings (SSSR count). The summed E-state index contributed by atoms with van der Waals surface area (Å²) in [6.45, 7) is 5.68. The van der Waals surface area contributed by atoms with Crippen LogP contribution >= 0.6 is 0 Å². The fourth-order valence-electron chi connectivity index (χ4n) is 3.63. The second-order valence-electron chi connectivity index (χ2n) is 7.49. The Labute approximate surface area is 169 Å². The smallest absolute Gasteiger partial charge is 0.329 e. The van der Waals surface area contributed by atoms with E-state index in [-0.39, 0.29) is 30.6 Å². The van der Waals surface area contributed by atoms with Crippen LogP contribution in [-0.4, -0.2) is 39.4 Å². The van der Waals surface area contributed by atoms with Crippen molar-refractivity contribution in [2.75, 3.05) is 18.9 Å². The van der Waals surface area contributed by atoms with Gasteiger partial charge in [0.25, 0.3) is 0 Å². The van der Waals surface area contributed by atoms with Crippen molar-refractivity contribution in [2.45, 2.75) is 27.3 Å². The molecule has 7 heteroatoms. The maximum Gasteiger partial charge on any atom is 0.329 e. The molecule has 0 aliphatic heterocycles. The Bertz CT molecular complexity index is 1130. The van der Waals surface area contributed by atoms with Gasteiger partial charge >= 0.3 is 5.69 Å². The van der Waals surface area contributed by atoms with E-state index in [2.05, 4.69) is 5.32 Å². The predicted molar refractivity (Wildman–Crippen MR) is 114 cm³/mol. The average molecular weight is 394 g/mol. The van der Waals surface area contributed by atoms with Crippen molar-refractivity contribution in [1.82, 2.24) is 14.0 Å². The number of aromatic nitrogens is 2. The van der Waals surface area contributed by atoms with Crippen molar-refractivity contribution in [3.05, 3.63) is 63.6 Å². The SMILES string of the molecule is Cc1cc(C)c(NC(=O)CN(C)C(=O)Cn2c(=O)n(C)c3ccccc32)c(C)c1. The molecule has 0 bridgehead atoms. The van der Waals surface area contributed by atoms with Crippen LogP contribution in [0.2, 0.25) is 0 Å². The molecule has 7 nitrogen and oxygen atoms in total. The zero-order chi connectivity index (χ0) is 21.3. The van der Waals surface area contributed by atoms with Crippen molar-refractivity contribution in [3.63, 3.8) is 0 Å². The first-order chi connectivity index (χ1) is 13.7. The lowest BCUT2D eigenvalue weighted by molar-refractivity contribution is -0.133. The molecule has 0 unspecified atom stereocenters. The van der Waals surface area contributed by atoms with E-state index in [0.29, 0.717) is 5.52 Å². The van der Waals surface area contributed by atoms with Crippen LogP contribution in [0, 0.1) is 20.8 Å². The first-order valence-corrected chi connectivity index (χ1v) is 9.45. The van der Waals surface area contributed by atoms with Gasteiger partial charge < -0.3 is 10.2 Å². The third-order valence-corrected chi connectivity index (χ3v) is 5.09. The Balaban J connectivity index is 1.71. The number of likely N-dealkylation sites (N-methyl/N-ethyl adjacent to an activating group) is 1. The predicted octanol–water partition coefficient (Wildman–Crippen LogP) is 2.36. The Morgan fingerprint density at radius 3 is 2.24 bits per heavy atom. The van der Waals surface area contributed by atoms with E-state index in [1.54, 1.807) is 20.2 Å². The number of carbonyl (C=O) groups excluding carboxylic acids is 2. The highest BCUT2D eigenvalue weighted by Gasteiger charge is 2.18. The Morgan fingerprint density at radius 2 is 1.62 bits per heavy atom. The fourth-order valence-corrected chi connectivity index (χ4v) is 3.63.